The van der Waals surface area contributed by atoms with E-state index in [0.717, 1.165) is 9.13 Å². The normalized spacial score (nSPS) is 8.90. The molecular weight excluding hydrogens is 239 g/mol. The first-order chi connectivity index (χ1) is 4.75. The Morgan fingerprint density at radius 2 is 2.40 bits per heavy atom. The van der Waals surface area contributed by atoms with Crippen LogP contribution in [0.5, 0.6) is 0 Å². The summed E-state index contributed by atoms with van der Waals surface area (Å²) >= 11 is 2.18. The molecule has 0 atom stereocenters. The molecule has 0 unspecified atom stereocenters. The van der Waals surface area contributed by atoms with E-state index in [1.165, 1.54) is 0 Å². The predicted octanol–water partition coefficient (Wildman–Crippen LogP) is 1.87. The van der Waals surface area contributed by atoms with Crippen molar-refractivity contribution in [1.82, 2.24) is 4.98 Å². The van der Waals surface area contributed by atoms with Gasteiger partial charge in [0, 0.05) is 9.77 Å². The van der Waals surface area contributed by atoms with Gasteiger partial charge in [0.15, 0.2) is 0 Å². The molecular formula is C7H5IN2. The van der Waals surface area contributed by atoms with Crippen molar-refractivity contribution >= 4 is 22.6 Å². The Hall–Kier alpha value is -0.630. The van der Waals surface area contributed by atoms with Gasteiger partial charge in [0.25, 0.3) is 0 Å². The summed E-state index contributed by atoms with van der Waals surface area (Å²) in [6, 6.07) is 3.91. The fraction of sp³-hybridized carbons (Fsp3) is 0.143. The fourth-order valence-corrected chi connectivity index (χ4v) is 1.04. The van der Waals surface area contributed by atoms with Crippen molar-refractivity contribution in [2.45, 2.75) is 6.92 Å². The summed E-state index contributed by atoms with van der Waals surface area (Å²) in [5.41, 5.74) is 1.48. The van der Waals surface area contributed by atoms with Gasteiger partial charge in [0.05, 0.1) is 0 Å². The van der Waals surface area contributed by atoms with E-state index in [1.54, 1.807) is 6.20 Å². The lowest BCUT2D eigenvalue weighted by Gasteiger charge is -1.96. The highest BCUT2D eigenvalue weighted by Crippen LogP contribution is 2.11. The minimum absolute atomic E-state index is 0.520. The average molecular weight is 244 g/mol. The Labute approximate surface area is 73.0 Å². The highest BCUT2D eigenvalue weighted by molar-refractivity contribution is 14.1. The third kappa shape index (κ3) is 1.27. The molecule has 1 aromatic heterocycles. The molecule has 1 aromatic rings. The molecule has 0 N–H and O–H groups in total. The summed E-state index contributed by atoms with van der Waals surface area (Å²) in [6.07, 6.45) is 1.65. The molecule has 0 aliphatic rings. The minimum Gasteiger partial charge on any atom is -0.245 e. The van der Waals surface area contributed by atoms with Gasteiger partial charge >= 0.3 is 0 Å². The molecule has 3 heteroatoms. The van der Waals surface area contributed by atoms with Gasteiger partial charge in [-0.2, -0.15) is 5.26 Å². The third-order valence-electron chi connectivity index (χ3n) is 1.24. The highest BCUT2D eigenvalue weighted by Gasteiger charge is 1.99. The van der Waals surface area contributed by atoms with Crippen molar-refractivity contribution in [2.24, 2.45) is 0 Å². The number of rotatable bonds is 0. The molecule has 1 rings (SSSR count). The molecule has 0 saturated heterocycles. The Kier molecular flexibility index (Phi) is 2.22. The van der Waals surface area contributed by atoms with Crippen molar-refractivity contribution in [3.05, 3.63) is 27.1 Å². The van der Waals surface area contributed by atoms with Gasteiger partial charge in [0.1, 0.15) is 11.8 Å². The smallest absolute Gasteiger partial charge is 0.144 e. The van der Waals surface area contributed by atoms with E-state index < -0.39 is 0 Å². The number of nitrogens with zero attached hydrogens (tertiary/aromatic N) is 2. The molecule has 0 aliphatic heterocycles. The van der Waals surface area contributed by atoms with E-state index in [0.29, 0.717) is 5.69 Å². The molecule has 10 heavy (non-hydrogen) atoms. The van der Waals surface area contributed by atoms with E-state index in [9.17, 15) is 0 Å². The van der Waals surface area contributed by atoms with Gasteiger partial charge in [0.2, 0.25) is 0 Å². The fourth-order valence-electron chi connectivity index (χ4n) is 0.625. The zero-order valence-electron chi connectivity index (χ0n) is 5.43. The number of halogens is 1. The van der Waals surface area contributed by atoms with E-state index in [4.69, 9.17) is 5.26 Å². The van der Waals surface area contributed by atoms with Crippen LogP contribution in [0.4, 0.5) is 0 Å². The average Bonchev–Trinajstić information content (AvgIpc) is 1.95. The molecule has 0 spiro atoms. The van der Waals surface area contributed by atoms with Crippen LogP contribution in [0.25, 0.3) is 0 Å². The second-order valence-electron chi connectivity index (χ2n) is 1.88. The van der Waals surface area contributed by atoms with Gasteiger partial charge in [-0.15, -0.1) is 0 Å². The van der Waals surface area contributed by atoms with Gasteiger partial charge in [-0.1, -0.05) is 0 Å². The van der Waals surface area contributed by atoms with Crippen molar-refractivity contribution in [3.8, 4) is 6.07 Å². The van der Waals surface area contributed by atoms with Crippen LogP contribution in [0.3, 0.4) is 0 Å². The van der Waals surface area contributed by atoms with E-state index in [-0.39, 0.29) is 0 Å². The SMILES string of the molecule is Cc1c(I)ccnc1C#N. The number of pyridine rings is 1. The minimum atomic E-state index is 0.520. The first-order valence-electron chi connectivity index (χ1n) is 2.77. The van der Waals surface area contributed by atoms with Crippen LogP contribution in [-0.2, 0) is 0 Å². The molecule has 0 bridgehead atoms. The van der Waals surface area contributed by atoms with Gasteiger partial charge < -0.3 is 0 Å². The molecule has 0 saturated carbocycles. The quantitative estimate of drug-likeness (QED) is 0.653. The highest BCUT2D eigenvalue weighted by atomic mass is 127. The molecule has 0 aliphatic carbocycles. The zero-order chi connectivity index (χ0) is 7.56. The van der Waals surface area contributed by atoms with Crippen LogP contribution >= 0.6 is 22.6 Å². The Bertz CT molecular complexity index is 288. The summed E-state index contributed by atoms with van der Waals surface area (Å²) in [5, 5.41) is 8.53. The molecule has 0 amide bonds. The summed E-state index contributed by atoms with van der Waals surface area (Å²) in [4.78, 5) is 3.89. The number of aromatic nitrogens is 1. The predicted molar refractivity (Wildman–Crippen MR) is 46.4 cm³/mol. The van der Waals surface area contributed by atoms with Crippen LogP contribution < -0.4 is 0 Å². The molecule has 0 aromatic carbocycles. The topological polar surface area (TPSA) is 36.7 Å². The monoisotopic (exact) mass is 244 g/mol. The lowest BCUT2D eigenvalue weighted by atomic mass is 10.2. The van der Waals surface area contributed by atoms with Gasteiger partial charge in [-0.25, -0.2) is 4.98 Å². The van der Waals surface area contributed by atoms with Gasteiger partial charge in [-0.3, -0.25) is 0 Å². The van der Waals surface area contributed by atoms with Crippen LogP contribution in [0.15, 0.2) is 12.3 Å². The lowest BCUT2D eigenvalue weighted by molar-refractivity contribution is 1.19. The Morgan fingerprint density at radius 3 is 2.90 bits per heavy atom. The third-order valence-corrected chi connectivity index (χ3v) is 2.41. The Morgan fingerprint density at radius 1 is 1.70 bits per heavy atom. The van der Waals surface area contributed by atoms with E-state index in [1.807, 2.05) is 19.1 Å². The van der Waals surface area contributed by atoms with Crippen molar-refractivity contribution in [3.63, 3.8) is 0 Å². The van der Waals surface area contributed by atoms with Crippen LogP contribution in [-0.4, -0.2) is 4.98 Å². The number of hydrogen-bond donors (Lipinski definition) is 0. The van der Waals surface area contributed by atoms with E-state index in [2.05, 4.69) is 27.6 Å². The largest absolute Gasteiger partial charge is 0.245 e. The first-order valence-corrected chi connectivity index (χ1v) is 3.85. The summed E-state index contributed by atoms with van der Waals surface area (Å²) in [7, 11) is 0. The molecule has 2 nitrogen and oxygen atoms in total. The summed E-state index contributed by atoms with van der Waals surface area (Å²) < 4.78 is 1.09. The van der Waals surface area contributed by atoms with Gasteiger partial charge in [-0.05, 0) is 41.1 Å². The second-order valence-corrected chi connectivity index (χ2v) is 3.04. The Balaban J connectivity index is 3.31. The molecule has 0 fully saturated rings. The van der Waals surface area contributed by atoms with Crippen LogP contribution in [0, 0.1) is 21.8 Å². The van der Waals surface area contributed by atoms with Crippen LogP contribution in [0.2, 0.25) is 0 Å². The molecule has 1 heterocycles. The summed E-state index contributed by atoms with van der Waals surface area (Å²) in [6.45, 7) is 1.90. The summed E-state index contributed by atoms with van der Waals surface area (Å²) in [5.74, 6) is 0. The standard InChI is InChI=1S/C7H5IN2/c1-5-6(8)2-3-10-7(5)4-9/h2-3H,1H3. The maximum Gasteiger partial charge on any atom is 0.144 e. The van der Waals surface area contributed by atoms with Crippen molar-refractivity contribution < 1.29 is 0 Å². The zero-order valence-corrected chi connectivity index (χ0v) is 7.58. The van der Waals surface area contributed by atoms with Crippen LogP contribution in [0.1, 0.15) is 11.3 Å². The molecule has 0 radical (unpaired) electrons. The maximum atomic E-state index is 8.53. The van der Waals surface area contributed by atoms with Crippen molar-refractivity contribution in [2.75, 3.05) is 0 Å². The number of hydrogen-bond acceptors (Lipinski definition) is 2. The first kappa shape index (κ1) is 7.48. The maximum absolute atomic E-state index is 8.53. The number of nitriles is 1. The lowest BCUT2D eigenvalue weighted by Crippen LogP contribution is -1.89. The molecule has 50 valence electrons. The van der Waals surface area contributed by atoms with E-state index >= 15 is 0 Å². The van der Waals surface area contributed by atoms with Crippen molar-refractivity contribution in [1.29, 1.82) is 5.26 Å². The second kappa shape index (κ2) is 2.97.